The predicted octanol–water partition coefficient (Wildman–Crippen LogP) is 2.33. The van der Waals surface area contributed by atoms with Gasteiger partial charge in [0.1, 0.15) is 19.5 Å². The fraction of sp³-hybridized carbons (Fsp3) is 0.125. The molecule has 1 radical (unpaired) electrons. The SMILES string of the molecule is [CH2]Oc1ccc(CF)cc1. The van der Waals surface area contributed by atoms with Crippen molar-refractivity contribution in [2.45, 2.75) is 6.67 Å². The number of alkyl halides is 1. The third kappa shape index (κ3) is 1.47. The van der Waals surface area contributed by atoms with E-state index in [1.807, 2.05) is 0 Å². The van der Waals surface area contributed by atoms with E-state index in [-0.39, 0.29) is 0 Å². The maximum absolute atomic E-state index is 11.9. The van der Waals surface area contributed by atoms with Crippen LogP contribution >= 0.6 is 0 Å². The Labute approximate surface area is 59.4 Å². The highest BCUT2D eigenvalue weighted by Crippen LogP contribution is 2.11. The summed E-state index contributed by atoms with van der Waals surface area (Å²) in [6, 6.07) is 6.70. The average Bonchev–Trinajstić information content (AvgIpc) is 2.05. The molecule has 0 bridgehead atoms. The average molecular weight is 139 g/mol. The molecular formula is C8H8FO. The van der Waals surface area contributed by atoms with Crippen LogP contribution in [0.5, 0.6) is 5.75 Å². The van der Waals surface area contributed by atoms with Crippen LogP contribution in [0.3, 0.4) is 0 Å². The lowest BCUT2D eigenvalue weighted by Crippen LogP contribution is -1.80. The first kappa shape index (κ1) is 7.06. The van der Waals surface area contributed by atoms with Gasteiger partial charge in [0, 0.05) is 0 Å². The molecule has 1 aromatic rings. The van der Waals surface area contributed by atoms with E-state index in [9.17, 15) is 4.39 Å². The molecule has 0 unspecified atom stereocenters. The predicted molar refractivity (Wildman–Crippen MR) is 37.2 cm³/mol. The van der Waals surface area contributed by atoms with Gasteiger partial charge < -0.3 is 4.74 Å². The van der Waals surface area contributed by atoms with Crippen LogP contribution in [-0.4, -0.2) is 0 Å². The first-order chi connectivity index (χ1) is 4.86. The van der Waals surface area contributed by atoms with Crippen molar-refractivity contribution >= 4 is 0 Å². The first-order valence-electron chi connectivity index (χ1n) is 2.93. The number of hydrogen-bond donors (Lipinski definition) is 0. The zero-order valence-corrected chi connectivity index (χ0v) is 5.51. The topological polar surface area (TPSA) is 9.23 Å². The molecule has 0 aliphatic carbocycles. The van der Waals surface area contributed by atoms with Gasteiger partial charge in [0.15, 0.2) is 0 Å². The van der Waals surface area contributed by atoms with Crippen LogP contribution < -0.4 is 4.74 Å². The summed E-state index contributed by atoms with van der Waals surface area (Å²) in [5.41, 5.74) is 0.654. The van der Waals surface area contributed by atoms with Crippen LogP contribution in [0, 0.1) is 7.11 Å². The molecule has 10 heavy (non-hydrogen) atoms. The smallest absolute Gasteiger partial charge is 0.122 e. The molecule has 0 saturated carbocycles. The normalized spacial score (nSPS) is 9.40. The third-order valence-corrected chi connectivity index (χ3v) is 1.24. The second-order valence-electron chi connectivity index (χ2n) is 1.92. The van der Waals surface area contributed by atoms with Gasteiger partial charge in [-0.25, -0.2) is 4.39 Å². The number of halogens is 1. The lowest BCUT2D eigenvalue weighted by Gasteiger charge is -1.97. The standard InChI is InChI=1S/C8H8FO/c1-10-8-4-2-7(6-9)3-5-8/h2-5H,1,6H2. The Morgan fingerprint density at radius 2 is 1.90 bits per heavy atom. The van der Waals surface area contributed by atoms with Gasteiger partial charge in [-0.2, -0.15) is 0 Å². The van der Waals surface area contributed by atoms with Crippen LogP contribution in [0.15, 0.2) is 24.3 Å². The largest absolute Gasteiger partial charge is 0.490 e. The Balaban J connectivity index is 2.80. The van der Waals surface area contributed by atoms with Crippen LogP contribution in [0.4, 0.5) is 4.39 Å². The van der Waals surface area contributed by atoms with Gasteiger partial charge in [-0.3, -0.25) is 0 Å². The molecule has 53 valence electrons. The quantitative estimate of drug-likeness (QED) is 0.611. The maximum atomic E-state index is 11.9. The lowest BCUT2D eigenvalue weighted by atomic mass is 10.2. The van der Waals surface area contributed by atoms with Gasteiger partial charge in [0.05, 0.1) is 0 Å². The summed E-state index contributed by atoms with van der Waals surface area (Å²) < 4.78 is 16.5. The highest BCUT2D eigenvalue weighted by atomic mass is 19.1. The molecule has 0 saturated heterocycles. The number of hydrogen-bond acceptors (Lipinski definition) is 1. The Kier molecular flexibility index (Phi) is 2.26. The van der Waals surface area contributed by atoms with Crippen molar-refractivity contribution in [2.24, 2.45) is 0 Å². The summed E-state index contributed by atoms with van der Waals surface area (Å²) in [5, 5.41) is 0. The molecule has 1 nitrogen and oxygen atoms in total. The fourth-order valence-corrected chi connectivity index (χ4v) is 0.675. The highest BCUT2D eigenvalue weighted by Gasteiger charge is 1.90. The monoisotopic (exact) mass is 139 g/mol. The molecule has 0 N–H and O–H groups in total. The van der Waals surface area contributed by atoms with Crippen LogP contribution in [-0.2, 0) is 6.67 Å². The van der Waals surface area contributed by atoms with Crippen LogP contribution in [0.1, 0.15) is 5.56 Å². The number of ether oxygens (including phenoxy) is 1. The van der Waals surface area contributed by atoms with E-state index in [4.69, 9.17) is 0 Å². The summed E-state index contributed by atoms with van der Waals surface area (Å²) in [4.78, 5) is 0. The minimum atomic E-state index is -0.433. The Morgan fingerprint density at radius 1 is 1.30 bits per heavy atom. The molecule has 2 heteroatoms. The van der Waals surface area contributed by atoms with Crippen molar-refractivity contribution in [1.29, 1.82) is 0 Å². The number of benzene rings is 1. The second kappa shape index (κ2) is 3.20. The van der Waals surface area contributed by atoms with E-state index in [0.717, 1.165) is 0 Å². The summed E-state index contributed by atoms with van der Waals surface area (Å²) >= 11 is 0. The molecule has 0 atom stereocenters. The van der Waals surface area contributed by atoms with E-state index in [1.54, 1.807) is 24.3 Å². The number of rotatable bonds is 2. The molecule has 0 aliphatic heterocycles. The Morgan fingerprint density at radius 3 is 2.30 bits per heavy atom. The summed E-state index contributed by atoms with van der Waals surface area (Å²) in [5.74, 6) is 0.650. The third-order valence-electron chi connectivity index (χ3n) is 1.24. The Bertz CT molecular complexity index is 170. The molecule has 0 amide bonds. The van der Waals surface area contributed by atoms with Gasteiger partial charge in [0.2, 0.25) is 0 Å². The Hall–Kier alpha value is -1.05. The fourth-order valence-electron chi connectivity index (χ4n) is 0.675. The second-order valence-corrected chi connectivity index (χ2v) is 1.92. The summed E-state index contributed by atoms with van der Waals surface area (Å²) in [7, 11) is 3.22. The zero-order valence-electron chi connectivity index (χ0n) is 5.51. The minimum absolute atomic E-state index is 0.433. The van der Waals surface area contributed by atoms with E-state index in [2.05, 4.69) is 11.8 Å². The van der Waals surface area contributed by atoms with E-state index < -0.39 is 6.67 Å². The zero-order chi connectivity index (χ0) is 7.40. The molecule has 0 spiro atoms. The van der Waals surface area contributed by atoms with Crippen molar-refractivity contribution in [3.63, 3.8) is 0 Å². The minimum Gasteiger partial charge on any atom is -0.490 e. The summed E-state index contributed by atoms with van der Waals surface area (Å²) in [6.45, 7) is -0.433. The van der Waals surface area contributed by atoms with Crippen LogP contribution in [0.2, 0.25) is 0 Å². The van der Waals surface area contributed by atoms with Gasteiger partial charge in [0.25, 0.3) is 0 Å². The first-order valence-corrected chi connectivity index (χ1v) is 2.93. The van der Waals surface area contributed by atoms with Crippen molar-refractivity contribution in [3.05, 3.63) is 36.9 Å². The lowest BCUT2D eigenvalue weighted by molar-refractivity contribution is 0.468. The van der Waals surface area contributed by atoms with E-state index >= 15 is 0 Å². The molecule has 1 rings (SSSR count). The molecule has 0 fully saturated rings. The van der Waals surface area contributed by atoms with E-state index in [1.165, 1.54) is 0 Å². The highest BCUT2D eigenvalue weighted by molar-refractivity contribution is 5.26. The van der Waals surface area contributed by atoms with Crippen molar-refractivity contribution in [2.75, 3.05) is 0 Å². The summed E-state index contributed by atoms with van der Waals surface area (Å²) in [6.07, 6.45) is 0. The molecular weight excluding hydrogens is 131 g/mol. The van der Waals surface area contributed by atoms with Crippen molar-refractivity contribution in [3.8, 4) is 5.75 Å². The van der Waals surface area contributed by atoms with Gasteiger partial charge in [-0.15, -0.1) is 0 Å². The van der Waals surface area contributed by atoms with Gasteiger partial charge in [-0.05, 0) is 17.7 Å². The maximum Gasteiger partial charge on any atom is 0.122 e. The molecule has 0 aliphatic rings. The molecule has 0 aromatic heterocycles. The van der Waals surface area contributed by atoms with Crippen molar-refractivity contribution < 1.29 is 9.13 Å². The van der Waals surface area contributed by atoms with Crippen LogP contribution in [0.25, 0.3) is 0 Å². The molecule has 0 heterocycles. The van der Waals surface area contributed by atoms with Gasteiger partial charge in [-0.1, -0.05) is 12.1 Å². The molecule has 1 aromatic carbocycles. The van der Waals surface area contributed by atoms with Gasteiger partial charge >= 0.3 is 0 Å². The van der Waals surface area contributed by atoms with E-state index in [0.29, 0.717) is 11.3 Å². The van der Waals surface area contributed by atoms with Crippen molar-refractivity contribution in [1.82, 2.24) is 0 Å².